The Labute approximate surface area is 193 Å². The van der Waals surface area contributed by atoms with Gasteiger partial charge in [0.15, 0.2) is 10.6 Å². The topological polar surface area (TPSA) is 66.0 Å². The summed E-state index contributed by atoms with van der Waals surface area (Å²) in [6, 6.07) is 15.7. The number of amides is 1. The van der Waals surface area contributed by atoms with Gasteiger partial charge in [0.2, 0.25) is 5.91 Å². The number of aromatic amines is 1. The summed E-state index contributed by atoms with van der Waals surface area (Å²) in [5.41, 5.74) is 3.07. The van der Waals surface area contributed by atoms with Gasteiger partial charge < -0.3 is 5.32 Å². The van der Waals surface area contributed by atoms with Crippen molar-refractivity contribution in [1.82, 2.24) is 25.0 Å². The summed E-state index contributed by atoms with van der Waals surface area (Å²) in [4.78, 5) is 15.1. The first kappa shape index (κ1) is 23.2. The number of carbonyl (C=O) groups excluding carboxylic acids is 1. The van der Waals surface area contributed by atoms with E-state index < -0.39 is 0 Å². The highest BCUT2D eigenvalue weighted by atomic mass is 35.5. The Morgan fingerprint density at radius 3 is 2.52 bits per heavy atom. The summed E-state index contributed by atoms with van der Waals surface area (Å²) < 4.78 is 2.13. The predicted octanol–water partition coefficient (Wildman–Crippen LogP) is 4.77. The number of hydrogen-bond acceptors (Lipinski definition) is 4. The van der Waals surface area contributed by atoms with Crippen LogP contribution in [0.1, 0.15) is 31.0 Å². The van der Waals surface area contributed by atoms with Crippen LogP contribution in [-0.4, -0.2) is 45.2 Å². The number of H-pyrrole nitrogens is 1. The fourth-order valence-corrected chi connectivity index (χ4v) is 4.10. The van der Waals surface area contributed by atoms with Crippen molar-refractivity contribution in [2.75, 3.05) is 19.6 Å². The smallest absolute Gasteiger partial charge is 0.240 e. The minimum atomic E-state index is -0.130. The Hall–Kier alpha value is -2.48. The molecule has 3 aromatic rings. The van der Waals surface area contributed by atoms with Crippen molar-refractivity contribution in [1.29, 1.82) is 0 Å². The highest BCUT2D eigenvalue weighted by molar-refractivity contribution is 7.71. The van der Waals surface area contributed by atoms with Crippen molar-refractivity contribution >= 4 is 29.7 Å². The molecule has 0 bridgehead atoms. The van der Waals surface area contributed by atoms with Crippen molar-refractivity contribution in [3.05, 3.63) is 69.5 Å². The molecule has 0 aliphatic heterocycles. The van der Waals surface area contributed by atoms with Crippen LogP contribution in [0.2, 0.25) is 5.02 Å². The molecule has 2 aromatic carbocycles. The van der Waals surface area contributed by atoms with Crippen LogP contribution >= 0.6 is 23.8 Å². The summed E-state index contributed by atoms with van der Waals surface area (Å²) in [7, 11) is 0. The minimum Gasteiger partial charge on any atom is -0.353 e. The van der Waals surface area contributed by atoms with Crippen molar-refractivity contribution < 1.29 is 4.79 Å². The van der Waals surface area contributed by atoms with Gasteiger partial charge in [0.05, 0.1) is 6.04 Å². The van der Waals surface area contributed by atoms with Crippen molar-refractivity contribution in [2.45, 2.75) is 33.4 Å². The number of benzene rings is 2. The maximum atomic E-state index is 12.8. The Balaban J connectivity index is 1.76. The monoisotopic (exact) mass is 457 g/mol. The zero-order chi connectivity index (χ0) is 22.4. The third kappa shape index (κ3) is 5.61. The van der Waals surface area contributed by atoms with Crippen LogP contribution in [0.25, 0.3) is 11.4 Å². The van der Waals surface area contributed by atoms with E-state index in [2.05, 4.69) is 34.3 Å². The lowest BCUT2D eigenvalue weighted by Gasteiger charge is -2.31. The number of hydrogen-bond donors (Lipinski definition) is 2. The van der Waals surface area contributed by atoms with Crippen LogP contribution in [0.3, 0.4) is 0 Å². The third-order valence-corrected chi connectivity index (χ3v) is 6.04. The van der Waals surface area contributed by atoms with E-state index >= 15 is 0 Å². The number of rotatable bonds is 9. The molecule has 0 fully saturated rings. The average Bonchev–Trinajstić information content (AvgIpc) is 3.12. The molecule has 0 aliphatic carbocycles. The summed E-state index contributed by atoms with van der Waals surface area (Å²) >= 11 is 11.8. The fraction of sp³-hybridized carbons (Fsp3) is 0.348. The van der Waals surface area contributed by atoms with Crippen LogP contribution in [0.15, 0.2) is 48.5 Å². The molecular weight excluding hydrogens is 430 g/mol. The first-order chi connectivity index (χ1) is 14.9. The second-order valence-corrected chi connectivity index (χ2v) is 8.16. The standard InChI is InChI=1S/C23H28ClN5OS/c1-4-28(5-2)20(18-8-6-7-9-19(18)24)14-25-21(30)15-29-22(26-27-23(29)31)17-12-10-16(3)11-13-17/h6-13,20H,4-5,14-15H2,1-3H3,(H,25,30)(H,27,31). The Morgan fingerprint density at radius 1 is 1.19 bits per heavy atom. The second kappa shape index (κ2) is 10.7. The number of aromatic nitrogens is 3. The van der Waals surface area contributed by atoms with Crippen molar-refractivity contribution in [3.8, 4) is 11.4 Å². The number of nitrogens with zero attached hydrogens (tertiary/aromatic N) is 3. The van der Waals surface area contributed by atoms with E-state index in [9.17, 15) is 4.79 Å². The highest BCUT2D eigenvalue weighted by Crippen LogP contribution is 2.27. The molecular formula is C23H28ClN5OS. The lowest BCUT2D eigenvalue weighted by molar-refractivity contribution is -0.121. The lowest BCUT2D eigenvalue weighted by Crippen LogP contribution is -2.39. The molecule has 0 aliphatic rings. The van der Waals surface area contributed by atoms with E-state index in [1.165, 1.54) is 0 Å². The summed E-state index contributed by atoms with van der Waals surface area (Å²) in [5, 5.41) is 10.9. The quantitative estimate of drug-likeness (QED) is 0.454. The average molecular weight is 458 g/mol. The van der Waals surface area contributed by atoms with Gasteiger partial charge in [-0.15, -0.1) is 0 Å². The molecule has 0 saturated heterocycles. The largest absolute Gasteiger partial charge is 0.353 e. The molecule has 0 radical (unpaired) electrons. The molecule has 6 nitrogen and oxygen atoms in total. The van der Waals surface area contributed by atoms with E-state index in [0.29, 0.717) is 22.2 Å². The maximum absolute atomic E-state index is 12.8. The van der Waals surface area contributed by atoms with Crippen LogP contribution < -0.4 is 5.32 Å². The van der Waals surface area contributed by atoms with E-state index in [0.717, 1.165) is 29.8 Å². The van der Waals surface area contributed by atoms with E-state index in [-0.39, 0.29) is 18.5 Å². The molecule has 0 saturated carbocycles. The molecule has 1 heterocycles. The number of likely N-dealkylation sites (N-methyl/N-ethyl adjacent to an activating group) is 1. The van der Waals surface area contributed by atoms with Gasteiger partial charge in [-0.05, 0) is 43.9 Å². The zero-order valence-electron chi connectivity index (χ0n) is 18.1. The predicted molar refractivity (Wildman–Crippen MR) is 128 cm³/mol. The van der Waals surface area contributed by atoms with E-state index in [4.69, 9.17) is 23.8 Å². The summed E-state index contributed by atoms with van der Waals surface area (Å²) in [6.45, 7) is 8.49. The normalized spacial score (nSPS) is 12.2. The molecule has 31 heavy (non-hydrogen) atoms. The minimum absolute atomic E-state index is 0.0125. The van der Waals surface area contributed by atoms with Gasteiger partial charge in [-0.2, -0.15) is 5.10 Å². The SMILES string of the molecule is CCN(CC)C(CNC(=O)Cn1c(-c2ccc(C)cc2)n[nH]c1=S)c1ccccc1Cl. The van der Waals surface area contributed by atoms with Gasteiger partial charge >= 0.3 is 0 Å². The van der Waals surface area contributed by atoms with Crippen LogP contribution in [0.5, 0.6) is 0 Å². The van der Waals surface area contributed by atoms with Gasteiger partial charge in [-0.3, -0.25) is 19.4 Å². The number of nitrogens with one attached hydrogen (secondary N) is 2. The second-order valence-electron chi connectivity index (χ2n) is 7.37. The molecule has 8 heteroatoms. The zero-order valence-corrected chi connectivity index (χ0v) is 19.6. The van der Waals surface area contributed by atoms with Gasteiger partial charge in [0.1, 0.15) is 6.54 Å². The van der Waals surface area contributed by atoms with Gasteiger partial charge in [0, 0.05) is 17.1 Å². The van der Waals surface area contributed by atoms with Gasteiger partial charge in [-0.25, -0.2) is 0 Å². The van der Waals surface area contributed by atoms with E-state index in [1.807, 2.05) is 55.5 Å². The molecule has 1 unspecified atom stereocenters. The van der Waals surface area contributed by atoms with Crippen LogP contribution in [0, 0.1) is 11.7 Å². The third-order valence-electron chi connectivity index (χ3n) is 5.38. The Kier molecular flexibility index (Phi) is 8.01. The maximum Gasteiger partial charge on any atom is 0.240 e. The number of aryl methyl sites for hydroxylation is 1. The molecule has 0 spiro atoms. The van der Waals surface area contributed by atoms with Gasteiger partial charge in [0.25, 0.3) is 0 Å². The first-order valence-electron chi connectivity index (χ1n) is 10.4. The molecule has 1 atom stereocenters. The summed E-state index contributed by atoms with van der Waals surface area (Å²) in [6.07, 6.45) is 0. The Morgan fingerprint density at radius 2 is 1.87 bits per heavy atom. The highest BCUT2D eigenvalue weighted by Gasteiger charge is 2.21. The molecule has 164 valence electrons. The molecule has 1 aromatic heterocycles. The Bertz CT molecular complexity index is 1070. The lowest BCUT2D eigenvalue weighted by atomic mass is 10.0. The summed E-state index contributed by atoms with van der Waals surface area (Å²) in [5.74, 6) is 0.515. The van der Waals surface area contributed by atoms with Crippen LogP contribution in [0.4, 0.5) is 0 Å². The molecule has 1 amide bonds. The van der Waals surface area contributed by atoms with Crippen molar-refractivity contribution in [3.63, 3.8) is 0 Å². The number of carbonyl (C=O) groups is 1. The van der Waals surface area contributed by atoms with Gasteiger partial charge in [-0.1, -0.05) is 73.5 Å². The molecule has 2 N–H and O–H groups in total. The number of halogens is 1. The fourth-order valence-electron chi connectivity index (χ4n) is 3.64. The van der Waals surface area contributed by atoms with Crippen LogP contribution in [-0.2, 0) is 11.3 Å². The first-order valence-corrected chi connectivity index (χ1v) is 11.2. The van der Waals surface area contributed by atoms with Crippen molar-refractivity contribution in [2.24, 2.45) is 0 Å². The molecule has 3 rings (SSSR count). The van der Waals surface area contributed by atoms with E-state index in [1.54, 1.807) is 4.57 Å².